The fraction of sp³-hybridized carbons (Fsp3) is 0.600. The number of rotatable bonds is 1. The van der Waals surface area contributed by atoms with Gasteiger partial charge in [0.25, 0.3) is 0 Å². The summed E-state index contributed by atoms with van der Waals surface area (Å²) in [6.45, 7) is 24.9. The van der Waals surface area contributed by atoms with E-state index in [1.807, 2.05) is 0 Å². The third kappa shape index (κ3) is 8.66. The van der Waals surface area contributed by atoms with Crippen LogP contribution >= 0.6 is 0 Å². The molecule has 3 rings (SSSR count). The lowest BCUT2D eigenvalue weighted by Crippen LogP contribution is -2.34. The molecule has 2 aromatic rings. The second-order valence-corrected chi connectivity index (χ2v) is 11.1. The fourth-order valence-corrected chi connectivity index (χ4v) is 5.21. The smallest absolute Gasteiger partial charge is 0.0321 e. The minimum Gasteiger partial charge on any atom is -0.0649 e. The Kier molecular flexibility index (Phi) is 9.86. The SMILES string of the molecule is CCC1(C)CC(C)CC(C)(C)C1.Cc1ccc(C)c(C)c1.Cc1cccc(C)c1C. The van der Waals surface area contributed by atoms with Crippen LogP contribution in [0, 0.1) is 58.3 Å². The van der Waals surface area contributed by atoms with Crippen molar-refractivity contribution in [1.29, 1.82) is 0 Å². The molecule has 2 unspecified atom stereocenters. The normalized spacial score (nSPS) is 22.3. The molecule has 0 radical (unpaired) electrons. The Bertz CT molecular complexity index is 775. The van der Waals surface area contributed by atoms with Gasteiger partial charge in [0.15, 0.2) is 0 Å². The number of aryl methyl sites for hydroxylation is 5. The summed E-state index contributed by atoms with van der Waals surface area (Å²) in [5.41, 5.74) is 9.50. The summed E-state index contributed by atoms with van der Waals surface area (Å²) >= 11 is 0. The Hall–Kier alpha value is -1.56. The molecule has 0 N–H and O–H groups in total. The van der Waals surface area contributed by atoms with Gasteiger partial charge in [-0.1, -0.05) is 83.0 Å². The van der Waals surface area contributed by atoms with Gasteiger partial charge in [-0.25, -0.2) is 0 Å². The maximum absolute atomic E-state index is 2.46. The highest BCUT2D eigenvalue weighted by Gasteiger charge is 2.38. The zero-order valence-corrected chi connectivity index (χ0v) is 21.9. The van der Waals surface area contributed by atoms with Crippen molar-refractivity contribution in [2.24, 2.45) is 16.7 Å². The first-order chi connectivity index (χ1) is 13.8. The average molecular weight is 409 g/mol. The molecular weight excluding hydrogens is 360 g/mol. The van der Waals surface area contributed by atoms with Crippen molar-refractivity contribution in [3.8, 4) is 0 Å². The summed E-state index contributed by atoms with van der Waals surface area (Å²) in [6.07, 6.45) is 5.62. The molecule has 0 heteroatoms. The van der Waals surface area contributed by atoms with Gasteiger partial charge in [0.05, 0.1) is 0 Å². The van der Waals surface area contributed by atoms with Crippen molar-refractivity contribution < 1.29 is 0 Å². The van der Waals surface area contributed by atoms with Crippen molar-refractivity contribution in [3.05, 3.63) is 69.8 Å². The van der Waals surface area contributed by atoms with Crippen molar-refractivity contribution in [3.63, 3.8) is 0 Å². The first-order valence-corrected chi connectivity index (χ1v) is 11.9. The molecule has 1 aliphatic carbocycles. The van der Waals surface area contributed by atoms with Crippen LogP contribution in [0.1, 0.15) is 93.7 Å². The van der Waals surface area contributed by atoms with Crippen LogP contribution in [0.25, 0.3) is 0 Å². The highest BCUT2D eigenvalue weighted by Crippen LogP contribution is 2.49. The van der Waals surface area contributed by atoms with Crippen LogP contribution in [0.15, 0.2) is 36.4 Å². The lowest BCUT2D eigenvalue weighted by molar-refractivity contribution is 0.0582. The van der Waals surface area contributed by atoms with E-state index in [9.17, 15) is 0 Å². The standard InChI is InChI=1S/C12H24.2C9H12/c1-6-12(5)8-10(2)7-11(3,4)9-12;1-7-4-5-8(2)9(3)6-7;1-7-5-4-6-8(2)9(7)3/h10H,6-9H2,1-5H3;2*4-6H,1-3H3. The van der Waals surface area contributed by atoms with E-state index in [1.165, 1.54) is 59.1 Å². The van der Waals surface area contributed by atoms with Crippen LogP contribution in [0.4, 0.5) is 0 Å². The Morgan fingerprint density at radius 1 is 0.767 bits per heavy atom. The molecule has 0 bridgehead atoms. The first kappa shape index (κ1) is 26.5. The third-order valence-corrected chi connectivity index (χ3v) is 7.04. The van der Waals surface area contributed by atoms with E-state index >= 15 is 0 Å². The zero-order chi connectivity index (χ0) is 23.1. The Morgan fingerprint density at radius 3 is 1.73 bits per heavy atom. The number of benzene rings is 2. The van der Waals surface area contributed by atoms with Gasteiger partial charge in [0.2, 0.25) is 0 Å². The number of hydrogen-bond acceptors (Lipinski definition) is 0. The van der Waals surface area contributed by atoms with E-state index < -0.39 is 0 Å². The molecule has 1 saturated carbocycles. The molecule has 0 aromatic heterocycles. The van der Waals surface area contributed by atoms with Crippen LogP contribution in [0.5, 0.6) is 0 Å². The molecule has 0 aliphatic heterocycles. The van der Waals surface area contributed by atoms with Crippen molar-refractivity contribution >= 4 is 0 Å². The van der Waals surface area contributed by atoms with Gasteiger partial charge < -0.3 is 0 Å². The predicted molar refractivity (Wildman–Crippen MR) is 136 cm³/mol. The van der Waals surface area contributed by atoms with E-state index in [0.29, 0.717) is 10.8 Å². The van der Waals surface area contributed by atoms with E-state index in [4.69, 9.17) is 0 Å². The van der Waals surface area contributed by atoms with Crippen LogP contribution in [0.2, 0.25) is 0 Å². The van der Waals surface area contributed by atoms with Crippen LogP contribution in [-0.2, 0) is 0 Å². The van der Waals surface area contributed by atoms with Crippen molar-refractivity contribution in [2.75, 3.05) is 0 Å². The molecule has 30 heavy (non-hydrogen) atoms. The second-order valence-electron chi connectivity index (χ2n) is 11.1. The van der Waals surface area contributed by atoms with E-state index in [2.05, 4.69) is 113 Å². The summed E-state index contributed by atoms with van der Waals surface area (Å²) in [6, 6.07) is 12.9. The highest BCUT2D eigenvalue weighted by molar-refractivity contribution is 5.31. The highest BCUT2D eigenvalue weighted by atomic mass is 14.4. The molecular formula is C30H48. The molecule has 1 aliphatic rings. The van der Waals surface area contributed by atoms with Crippen LogP contribution in [0.3, 0.4) is 0 Å². The molecule has 0 nitrogen and oxygen atoms in total. The summed E-state index contributed by atoms with van der Waals surface area (Å²) in [7, 11) is 0. The Balaban J connectivity index is 0.000000229. The van der Waals surface area contributed by atoms with Gasteiger partial charge >= 0.3 is 0 Å². The Labute approximate surface area is 188 Å². The van der Waals surface area contributed by atoms with Gasteiger partial charge in [0.1, 0.15) is 0 Å². The fourth-order valence-electron chi connectivity index (χ4n) is 5.21. The van der Waals surface area contributed by atoms with Gasteiger partial charge in [-0.3, -0.25) is 0 Å². The topological polar surface area (TPSA) is 0 Å². The lowest BCUT2D eigenvalue weighted by Gasteiger charge is -2.45. The monoisotopic (exact) mass is 408 g/mol. The summed E-state index contributed by atoms with van der Waals surface area (Å²) in [5.74, 6) is 0.929. The molecule has 168 valence electrons. The molecule has 0 spiro atoms. The van der Waals surface area contributed by atoms with Gasteiger partial charge in [-0.15, -0.1) is 0 Å². The van der Waals surface area contributed by atoms with Gasteiger partial charge in [0, 0.05) is 0 Å². The molecule has 2 aromatic carbocycles. The molecule has 0 amide bonds. The van der Waals surface area contributed by atoms with Gasteiger partial charge in [-0.05, 0) is 105 Å². The molecule has 0 saturated heterocycles. The molecule has 2 atom stereocenters. The van der Waals surface area contributed by atoms with E-state index in [0.717, 1.165) is 5.92 Å². The molecule has 0 heterocycles. The summed E-state index contributed by atoms with van der Waals surface area (Å²) in [4.78, 5) is 0. The van der Waals surface area contributed by atoms with Crippen molar-refractivity contribution in [1.82, 2.24) is 0 Å². The number of hydrogen-bond donors (Lipinski definition) is 0. The first-order valence-electron chi connectivity index (χ1n) is 11.9. The minimum absolute atomic E-state index is 0.586. The maximum atomic E-state index is 2.46. The summed E-state index contributed by atoms with van der Waals surface area (Å²) in [5, 5.41) is 0. The second kappa shape index (κ2) is 11.2. The third-order valence-electron chi connectivity index (χ3n) is 7.04. The van der Waals surface area contributed by atoms with Crippen LogP contribution in [-0.4, -0.2) is 0 Å². The lowest BCUT2D eigenvalue weighted by atomic mass is 9.60. The van der Waals surface area contributed by atoms with Gasteiger partial charge in [-0.2, -0.15) is 0 Å². The Morgan fingerprint density at radius 2 is 1.33 bits per heavy atom. The minimum atomic E-state index is 0.586. The molecule has 1 fully saturated rings. The zero-order valence-electron chi connectivity index (χ0n) is 21.9. The van der Waals surface area contributed by atoms with E-state index in [-0.39, 0.29) is 0 Å². The largest absolute Gasteiger partial charge is 0.0649 e. The predicted octanol–water partition coefficient (Wildman–Crippen LogP) is 9.47. The quantitative estimate of drug-likeness (QED) is 0.440. The van der Waals surface area contributed by atoms with E-state index in [1.54, 1.807) is 0 Å². The summed E-state index contributed by atoms with van der Waals surface area (Å²) < 4.78 is 0. The van der Waals surface area contributed by atoms with Crippen LogP contribution < -0.4 is 0 Å². The average Bonchev–Trinajstić information content (AvgIpc) is 2.62. The van der Waals surface area contributed by atoms with Crippen molar-refractivity contribution in [2.45, 2.75) is 102 Å². The maximum Gasteiger partial charge on any atom is -0.0321 e.